The van der Waals surface area contributed by atoms with E-state index in [0.717, 1.165) is 5.56 Å². The molecule has 0 atom stereocenters. The van der Waals surface area contributed by atoms with Gasteiger partial charge in [-0.15, -0.1) is 0 Å². The van der Waals surface area contributed by atoms with Crippen LogP contribution in [0, 0.1) is 24.6 Å². The number of halogens is 1. The molecule has 0 aliphatic carbocycles. The molecule has 1 heterocycles. The van der Waals surface area contributed by atoms with Crippen LogP contribution in [0.3, 0.4) is 0 Å². The number of aryl methyl sites for hydroxylation is 1. The second-order valence-electron chi connectivity index (χ2n) is 5.91. The zero-order valence-electron chi connectivity index (χ0n) is 14.6. The molecule has 0 saturated carbocycles. The van der Waals surface area contributed by atoms with Gasteiger partial charge in [0.1, 0.15) is 5.82 Å². The summed E-state index contributed by atoms with van der Waals surface area (Å²) in [6.45, 7) is 3.18. The first kappa shape index (κ1) is 18.0. The molecule has 0 spiro atoms. The summed E-state index contributed by atoms with van der Waals surface area (Å²) in [7, 11) is 0. The van der Waals surface area contributed by atoms with Crippen LogP contribution in [-0.2, 0) is 4.79 Å². The molecular weight excluding hydrogens is 347 g/mol. The minimum absolute atomic E-state index is 0.0875. The van der Waals surface area contributed by atoms with E-state index in [-0.39, 0.29) is 17.2 Å². The van der Waals surface area contributed by atoms with E-state index in [2.05, 4.69) is 27.1 Å². The first-order valence-electron chi connectivity index (χ1n) is 8.00. The summed E-state index contributed by atoms with van der Waals surface area (Å²) in [6, 6.07) is 7.85. The summed E-state index contributed by atoms with van der Waals surface area (Å²) in [6.07, 6.45) is 1.31. The van der Waals surface area contributed by atoms with E-state index >= 15 is 0 Å². The van der Waals surface area contributed by atoms with Gasteiger partial charge in [0, 0.05) is 29.8 Å². The Hall–Kier alpha value is -3.79. The number of amides is 2. The average molecular weight is 362 g/mol. The van der Waals surface area contributed by atoms with Crippen LogP contribution in [-0.4, -0.2) is 21.8 Å². The van der Waals surface area contributed by atoms with Crippen molar-refractivity contribution in [3.63, 3.8) is 0 Å². The maximum absolute atomic E-state index is 14.3. The molecule has 0 unspecified atom stereocenters. The van der Waals surface area contributed by atoms with Crippen LogP contribution >= 0.6 is 0 Å². The van der Waals surface area contributed by atoms with Crippen molar-refractivity contribution in [1.29, 1.82) is 0 Å². The monoisotopic (exact) mass is 362 g/mol. The molecule has 3 rings (SSSR count). The molecule has 27 heavy (non-hydrogen) atoms. The number of nitrogens with one attached hydrogen (secondary N) is 1. The number of aromatic nitrogens is 2. The second-order valence-corrected chi connectivity index (χ2v) is 5.91. The Morgan fingerprint density at radius 1 is 1.19 bits per heavy atom. The predicted molar refractivity (Wildman–Crippen MR) is 99.5 cm³/mol. The number of nitrogens with zero attached hydrogens (tertiary/aromatic N) is 2. The van der Waals surface area contributed by atoms with Gasteiger partial charge in [0.2, 0.25) is 17.8 Å². The van der Waals surface area contributed by atoms with E-state index < -0.39 is 11.7 Å². The van der Waals surface area contributed by atoms with Crippen molar-refractivity contribution in [2.75, 3.05) is 5.32 Å². The van der Waals surface area contributed by atoms with Crippen molar-refractivity contribution >= 4 is 28.7 Å². The van der Waals surface area contributed by atoms with Gasteiger partial charge in [0.05, 0.1) is 10.9 Å². The average Bonchev–Trinajstić information content (AvgIpc) is 2.60. The lowest BCUT2D eigenvalue weighted by atomic mass is 10.0. The summed E-state index contributed by atoms with van der Waals surface area (Å²) in [5, 5.41) is 2.68. The van der Waals surface area contributed by atoms with Crippen molar-refractivity contribution in [2.24, 2.45) is 5.73 Å². The van der Waals surface area contributed by atoms with Crippen LogP contribution in [0.15, 0.2) is 36.5 Å². The maximum atomic E-state index is 14.3. The Balaban J connectivity index is 2.03. The maximum Gasteiger partial charge on any atom is 0.248 e. The van der Waals surface area contributed by atoms with E-state index in [9.17, 15) is 14.0 Å². The minimum atomic E-state index is -0.544. The van der Waals surface area contributed by atoms with Crippen molar-refractivity contribution in [1.82, 2.24) is 9.97 Å². The fraction of sp³-hybridized carbons (Fsp3) is 0.100. The largest absolute Gasteiger partial charge is 0.366 e. The molecule has 0 bridgehead atoms. The van der Waals surface area contributed by atoms with Gasteiger partial charge in [-0.3, -0.25) is 14.9 Å². The van der Waals surface area contributed by atoms with Gasteiger partial charge >= 0.3 is 0 Å². The number of fused-ring (bicyclic) bond motifs is 1. The van der Waals surface area contributed by atoms with E-state index in [0.29, 0.717) is 22.2 Å². The number of anilines is 1. The normalized spacial score (nSPS) is 10.2. The second kappa shape index (κ2) is 7.22. The standard InChI is InChI=1S/C20H15FN4O2/c1-11-3-5-15(19(22)27)9-14(11)6-4-13-7-17(21)16-10-23-20(24-12(2)26)25-18(16)8-13/h3,5,7-10H,1-2H3,(H2,22,27)(H,23,24,25,26). The number of primary amides is 1. The Morgan fingerprint density at radius 3 is 2.67 bits per heavy atom. The number of hydrogen-bond donors (Lipinski definition) is 2. The van der Waals surface area contributed by atoms with Crippen LogP contribution in [0.25, 0.3) is 10.9 Å². The fourth-order valence-corrected chi connectivity index (χ4v) is 2.43. The quantitative estimate of drug-likeness (QED) is 0.685. The highest BCUT2D eigenvalue weighted by atomic mass is 19.1. The minimum Gasteiger partial charge on any atom is -0.366 e. The van der Waals surface area contributed by atoms with Gasteiger partial charge in [-0.1, -0.05) is 17.9 Å². The fourth-order valence-electron chi connectivity index (χ4n) is 2.43. The van der Waals surface area contributed by atoms with Crippen molar-refractivity contribution in [3.8, 4) is 11.8 Å². The van der Waals surface area contributed by atoms with Crippen molar-refractivity contribution < 1.29 is 14.0 Å². The van der Waals surface area contributed by atoms with Crippen molar-refractivity contribution in [2.45, 2.75) is 13.8 Å². The third kappa shape index (κ3) is 4.07. The number of rotatable bonds is 2. The van der Waals surface area contributed by atoms with Crippen LogP contribution in [0.2, 0.25) is 0 Å². The molecule has 1 aromatic heterocycles. The summed E-state index contributed by atoms with van der Waals surface area (Å²) in [5.41, 5.74) is 7.84. The van der Waals surface area contributed by atoms with Gasteiger partial charge in [-0.2, -0.15) is 0 Å². The van der Waals surface area contributed by atoms with Crippen molar-refractivity contribution in [3.05, 3.63) is 64.6 Å². The third-order valence-electron chi connectivity index (χ3n) is 3.80. The van der Waals surface area contributed by atoms with E-state index in [4.69, 9.17) is 5.73 Å². The number of nitrogens with two attached hydrogens (primary N) is 1. The molecule has 0 aliphatic rings. The van der Waals surface area contributed by atoms with E-state index in [1.807, 2.05) is 6.92 Å². The molecule has 7 heteroatoms. The summed E-state index contributed by atoms with van der Waals surface area (Å²) in [4.78, 5) is 30.5. The number of carbonyl (C=O) groups excluding carboxylic acids is 2. The molecule has 0 radical (unpaired) electrons. The highest BCUT2D eigenvalue weighted by Crippen LogP contribution is 2.19. The Labute approximate surface area is 154 Å². The first-order chi connectivity index (χ1) is 12.8. The van der Waals surface area contributed by atoms with Crippen LogP contribution in [0.1, 0.15) is 34.0 Å². The number of hydrogen-bond acceptors (Lipinski definition) is 4. The summed E-state index contributed by atoms with van der Waals surface area (Å²) >= 11 is 0. The van der Waals surface area contributed by atoms with Gasteiger partial charge in [0.15, 0.2) is 0 Å². The van der Waals surface area contributed by atoms with Crippen LogP contribution in [0.5, 0.6) is 0 Å². The smallest absolute Gasteiger partial charge is 0.248 e. The number of benzene rings is 2. The van der Waals surface area contributed by atoms with E-state index in [1.165, 1.54) is 19.2 Å². The van der Waals surface area contributed by atoms with Gasteiger partial charge < -0.3 is 5.73 Å². The zero-order chi connectivity index (χ0) is 19.6. The Kier molecular flexibility index (Phi) is 4.81. The predicted octanol–water partition coefficient (Wildman–Crippen LogP) is 2.53. The first-order valence-corrected chi connectivity index (χ1v) is 8.00. The SMILES string of the molecule is CC(=O)Nc1ncc2c(F)cc(C#Cc3cc(C(N)=O)ccc3C)cc2n1. The number of carbonyl (C=O) groups is 2. The lowest BCUT2D eigenvalue weighted by molar-refractivity contribution is -0.114. The zero-order valence-corrected chi connectivity index (χ0v) is 14.6. The molecule has 2 aromatic carbocycles. The molecule has 6 nitrogen and oxygen atoms in total. The van der Waals surface area contributed by atoms with E-state index in [1.54, 1.807) is 24.3 Å². The van der Waals surface area contributed by atoms with Gasteiger partial charge in [-0.05, 0) is 36.8 Å². The molecule has 3 N–H and O–H groups in total. The molecule has 134 valence electrons. The lowest BCUT2D eigenvalue weighted by Crippen LogP contribution is -2.11. The molecule has 3 aromatic rings. The Morgan fingerprint density at radius 2 is 1.96 bits per heavy atom. The molecule has 0 fully saturated rings. The third-order valence-corrected chi connectivity index (χ3v) is 3.80. The van der Waals surface area contributed by atoms with Gasteiger partial charge in [0.25, 0.3) is 0 Å². The molecule has 0 saturated heterocycles. The molecular formula is C20H15FN4O2. The Bertz CT molecular complexity index is 1150. The molecule has 0 aliphatic heterocycles. The van der Waals surface area contributed by atoms with Gasteiger partial charge in [-0.25, -0.2) is 14.4 Å². The summed E-state index contributed by atoms with van der Waals surface area (Å²) in [5.74, 6) is 4.50. The highest BCUT2D eigenvalue weighted by molar-refractivity contribution is 5.93. The topological polar surface area (TPSA) is 98.0 Å². The van der Waals surface area contributed by atoms with Crippen LogP contribution < -0.4 is 11.1 Å². The summed E-state index contributed by atoms with van der Waals surface area (Å²) < 4.78 is 14.3. The van der Waals surface area contributed by atoms with Crippen LogP contribution in [0.4, 0.5) is 10.3 Å². The molecule has 2 amide bonds. The highest BCUT2D eigenvalue weighted by Gasteiger charge is 2.08. The lowest BCUT2D eigenvalue weighted by Gasteiger charge is -2.04.